The third kappa shape index (κ3) is 5.20. The number of ether oxygens (including phenoxy) is 1. The van der Waals surface area contributed by atoms with Crippen molar-refractivity contribution < 1.29 is 17.9 Å². The van der Waals surface area contributed by atoms with E-state index in [9.17, 15) is 13.2 Å². The SMILES string of the molecule is COc1ccc(SCCC(=O)Nc2nc3ccc(S(=O)(=O)N4CCCC4)cc3s2)cc1. The van der Waals surface area contributed by atoms with E-state index in [0.717, 1.165) is 28.2 Å². The van der Waals surface area contributed by atoms with Gasteiger partial charge >= 0.3 is 0 Å². The lowest BCUT2D eigenvalue weighted by molar-refractivity contribution is -0.115. The summed E-state index contributed by atoms with van der Waals surface area (Å²) in [6, 6.07) is 12.6. The van der Waals surface area contributed by atoms with Gasteiger partial charge in [-0.15, -0.1) is 11.8 Å². The highest BCUT2D eigenvalue weighted by atomic mass is 32.2. The van der Waals surface area contributed by atoms with Gasteiger partial charge in [0, 0.05) is 30.2 Å². The number of hydrogen-bond donors (Lipinski definition) is 1. The molecule has 1 aliphatic heterocycles. The molecule has 0 unspecified atom stereocenters. The molecule has 0 spiro atoms. The van der Waals surface area contributed by atoms with E-state index in [4.69, 9.17) is 4.74 Å². The van der Waals surface area contributed by atoms with Crippen molar-refractivity contribution in [3.05, 3.63) is 42.5 Å². The summed E-state index contributed by atoms with van der Waals surface area (Å²) in [5, 5.41) is 3.30. The van der Waals surface area contributed by atoms with Crippen LogP contribution in [0.3, 0.4) is 0 Å². The third-order valence-corrected chi connectivity index (χ3v) is 8.81. The molecule has 10 heteroatoms. The average Bonchev–Trinajstić information content (AvgIpc) is 3.43. The normalized spacial score (nSPS) is 14.7. The Morgan fingerprint density at radius 2 is 1.94 bits per heavy atom. The number of carbonyl (C=O) groups is 1. The van der Waals surface area contributed by atoms with Crippen LogP contribution >= 0.6 is 23.1 Å². The Hall–Kier alpha value is -2.14. The number of rotatable bonds is 8. The number of hydrogen-bond acceptors (Lipinski definition) is 7. The van der Waals surface area contributed by atoms with Gasteiger partial charge < -0.3 is 10.1 Å². The maximum absolute atomic E-state index is 12.8. The number of benzene rings is 2. The number of methoxy groups -OCH3 is 1. The molecule has 2 heterocycles. The molecule has 1 saturated heterocycles. The van der Waals surface area contributed by atoms with Gasteiger partial charge in [0.1, 0.15) is 5.75 Å². The number of thioether (sulfide) groups is 1. The first-order chi connectivity index (χ1) is 15.0. The maximum atomic E-state index is 12.8. The Kier molecular flexibility index (Phi) is 6.80. The van der Waals surface area contributed by atoms with Gasteiger partial charge in [-0.1, -0.05) is 11.3 Å². The second-order valence-corrected chi connectivity index (χ2v) is 11.2. The van der Waals surface area contributed by atoms with Crippen LogP contribution in [-0.2, 0) is 14.8 Å². The van der Waals surface area contributed by atoms with Crippen molar-refractivity contribution in [2.24, 2.45) is 0 Å². The molecule has 0 atom stereocenters. The van der Waals surface area contributed by atoms with E-state index in [-0.39, 0.29) is 10.8 Å². The van der Waals surface area contributed by atoms with E-state index in [1.165, 1.54) is 15.6 Å². The summed E-state index contributed by atoms with van der Waals surface area (Å²) in [4.78, 5) is 18.1. The Balaban J connectivity index is 1.36. The first kappa shape index (κ1) is 22.1. The van der Waals surface area contributed by atoms with Crippen LogP contribution in [0.25, 0.3) is 10.2 Å². The number of nitrogens with zero attached hydrogens (tertiary/aromatic N) is 2. The van der Waals surface area contributed by atoms with Gasteiger partial charge in [0.15, 0.2) is 5.13 Å². The minimum Gasteiger partial charge on any atom is -0.497 e. The number of thiazole rings is 1. The second-order valence-electron chi connectivity index (χ2n) is 7.08. The number of nitrogens with one attached hydrogen (secondary N) is 1. The Labute approximate surface area is 189 Å². The summed E-state index contributed by atoms with van der Waals surface area (Å²) in [6.45, 7) is 1.14. The molecule has 4 rings (SSSR count). The molecule has 1 N–H and O–H groups in total. The number of anilines is 1. The number of amides is 1. The van der Waals surface area contributed by atoms with Gasteiger partial charge in [0.05, 0.1) is 22.2 Å². The Bertz CT molecular complexity index is 1170. The lowest BCUT2D eigenvalue weighted by atomic mass is 10.3. The van der Waals surface area contributed by atoms with E-state index in [0.29, 0.717) is 35.9 Å². The molecule has 1 amide bonds. The van der Waals surface area contributed by atoms with Crippen molar-refractivity contribution in [3.63, 3.8) is 0 Å². The molecule has 0 aliphatic carbocycles. The Morgan fingerprint density at radius 3 is 2.65 bits per heavy atom. The van der Waals surface area contributed by atoms with Gasteiger partial charge in [-0.2, -0.15) is 4.31 Å². The largest absolute Gasteiger partial charge is 0.497 e. The summed E-state index contributed by atoms with van der Waals surface area (Å²) in [7, 11) is -1.85. The smallest absolute Gasteiger partial charge is 0.243 e. The highest BCUT2D eigenvalue weighted by Gasteiger charge is 2.27. The van der Waals surface area contributed by atoms with E-state index in [1.807, 2.05) is 24.3 Å². The Morgan fingerprint density at radius 1 is 1.19 bits per heavy atom. The van der Waals surface area contributed by atoms with Crippen LogP contribution in [0, 0.1) is 0 Å². The standard InChI is InChI=1S/C21H23N3O4S3/c1-28-15-4-6-16(7-5-15)29-13-10-20(25)23-21-22-18-9-8-17(14-19(18)30-21)31(26,27)24-11-2-3-12-24/h4-9,14H,2-3,10-13H2,1H3,(H,22,23,25). The van der Waals surface area contributed by atoms with Gasteiger partial charge in [0.2, 0.25) is 15.9 Å². The summed E-state index contributed by atoms with van der Waals surface area (Å²) in [5.74, 6) is 1.32. The molecule has 31 heavy (non-hydrogen) atoms. The average molecular weight is 478 g/mol. The zero-order chi connectivity index (χ0) is 21.8. The van der Waals surface area contributed by atoms with E-state index >= 15 is 0 Å². The third-order valence-electron chi connectivity index (χ3n) is 4.97. The summed E-state index contributed by atoms with van der Waals surface area (Å²) in [6.07, 6.45) is 2.14. The van der Waals surface area contributed by atoms with Crippen molar-refractivity contribution in [2.75, 3.05) is 31.3 Å². The number of aromatic nitrogens is 1. The first-order valence-electron chi connectivity index (χ1n) is 9.93. The fourth-order valence-corrected chi connectivity index (χ4v) is 6.70. The zero-order valence-corrected chi connectivity index (χ0v) is 19.5. The molecule has 164 valence electrons. The van der Waals surface area contributed by atoms with Crippen molar-refractivity contribution in [1.29, 1.82) is 0 Å². The first-order valence-corrected chi connectivity index (χ1v) is 13.2. The topological polar surface area (TPSA) is 88.6 Å². The minimum absolute atomic E-state index is 0.120. The second kappa shape index (κ2) is 9.56. The number of carbonyl (C=O) groups excluding carboxylic acids is 1. The van der Waals surface area contributed by atoms with Crippen LogP contribution in [0.15, 0.2) is 52.3 Å². The zero-order valence-electron chi connectivity index (χ0n) is 17.0. The van der Waals surface area contributed by atoms with Crippen molar-refractivity contribution in [3.8, 4) is 5.75 Å². The van der Waals surface area contributed by atoms with Crippen LogP contribution in [-0.4, -0.2) is 49.6 Å². The van der Waals surface area contributed by atoms with Crippen LogP contribution in [0.4, 0.5) is 5.13 Å². The molecule has 3 aromatic rings. The molecular formula is C21H23N3O4S3. The highest BCUT2D eigenvalue weighted by Crippen LogP contribution is 2.30. The van der Waals surface area contributed by atoms with E-state index in [1.54, 1.807) is 37.1 Å². The highest BCUT2D eigenvalue weighted by molar-refractivity contribution is 7.99. The maximum Gasteiger partial charge on any atom is 0.243 e. The molecule has 1 aromatic heterocycles. The molecular weight excluding hydrogens is 454 g/mol. The van der Waals surface area contributed by atoms with Crippen LogP contribution < -0.4 is 10.1 Å². The predicted molar refractivity (Wildman–Crippen MR) is 125 cm³/mol. The lowest BCUT2D eigenvalue weighted by Gasteiger charge is -2.15. The predicted octanol–water partition coefficient (Wildman–Crippen LogP) is 4.21. The minimum atomic E-state index is -3.47. The summed E-state index contributed by atoms with van der Waals surface area (Å²) < 4.78 is 32.9. The quantitative estimate of drug-likeness (QED) is 0.489. The van der Waals surface area contributed by atoms with Gasteiger partial charge in [-0.25, -0.2) is 13.4 Å². The molecule has 1 fully saturated rings. The van der Waals surface area contributed by atoms with Crippen LogP contribution in [0.1, 0.15) is 19.3 Å². The molecule has 7 nitrogen and oxygen atoms in total. The van der Waals surface area contributed by atoms with E-state index < -0.39 is 10.0 Å². The molecule has 1 aliphatic rings. The molecule has 0 radical (unpaired) electrons. The number of sulfonamides is 1. The molecule has 0 bridgehead atoms. The summed E-state index contributed by atoms with van der Waals surface area (Å²) >= 11 is 2.88. The lowest BCUT2D eigenvalue weighted by Crippen LogP contribution is -2.27. The van der Waals surface area contributed by atoms with Crippen molar-refractivity contribution in [2.45, 2.75) is 29.1 Å². The van der Waals surface area contributed by atoms with Gasteiger partial charge in [0.25, 0.3) is 0 Å². The summed E-state index contributed by atoms with van der Waals surface area (Å²) in [5.41, 5.74) is 0.674. The van der Waals surface area contributed by atoms with Crippen molar-refractivity contribution >= 4 is 54.4 Å². The number of fused-ring (bicyclic) bond motifs is 1. The van der Waals surface area contributed by atoms with Gasteiger partial charge in [-0.3, -0.25) is 4.79 Å². The van der Waals surface area contributed by atoms with Crippen LogP contribution in [0.2, 0.25) is 0 Å². The fourth-order valence-electron chi connectivity index (χ4n) is 3.31. The van der Waals surface area contributed by atoms with E-state index in [2.05, 4.69) is 10.3 Å². The fraction of sp³-hybridized carbons (Fsp3) is 0.333. The molecule has 2 aromatic carbocycles. The van der Waals surface area contributed by atoms with Crippen molar-refractivity contribution in [1.82, 2.24) is 9.29 Å². The monoisotopic (exact) mass is 477 g/mol. The van der Waals surface area contributed by atoms with Crippen LogP contribution in [0.5, 0.6) is 5.75 Å². The molecule has 0 saturated carbocycles. The van der Waals surface area contributed by atoms with Gasteiger partial charge in [-0.05, 0) is 55.3 Å².